The molecule has 0 saturated carbocycles. The third kappa shape index (κ3) is 0.809. The number of hydrogen-bond acceptors (Lipinski definition) is 4. The summed E-state index contributed by atoms with van der Waals surface area (Å²) in [4.78, 5) is 26.0. The van der Waals surface area contributed by atoms with E-state index in [2.05, 4.69) is 4.98 Å². The van der Waals surface area contributed by atoms with Crippen molar-refractivity contribution in [2.24, 2.45) is 0 Å². The van der Waals surface area contributed by atoms with Gasteiger partial charge in [0.25, 0.3) is 0 Å². The van der Waals surface area contributed by atoms with Crippen molar-refractivity contribution in [1.82, 2.24) is 4.98 Å². The van der Waals surface area contributed by atoms with Crippen molar-refractivity contribution >= 4 is 11.6 Å². The molecule has 0 fully saturated rings. The molecule has 0 amide bonds. The number of Topliss-reactive ketones (excluding diaryl/α,β-unsaturated/α-hetero) is 2. The number of carbonyl (C=O) groups is 2. The maximum atomic E-state index is 11.1. The Kier molecular flexibility index (Phi) is 1.36. The highest BCUT2D eigenvalue weighted by Gasteiger charge is 2.33. The van der Waals surface area contributed by atoms with Crippen LogP contribution >= 0.6 is 0 Å². The van der Waals surface area contributed by atoms with Crippen LogP contribution in [-0.2, 0) is 6.42 Å². The highest BCUT2D eigenvalue weighted by Crippen LogP contribution is 2.22. The van der Waals surface area contributed by atoms with Crippen LogP contribution in [0.25, 0.3) is 0 Å². The van der Waals surface area contributed by atoms with Gasteiger partial charge in [0, 0.05) is 6.42 Å². The number of nitrogens with zero attached hydrogens (tertiary/aromatic N) is 1. The standard InChI is InChI=1S/C8H7NO3/c1-2-6-9-7-4(10)3-5(11)8(7)12-6/h2-3H2,1H3. The van der Waals surface area contributed by atoms with Crippen molar-refractivity contribution in [1.29, 1.82) is 0 Å². The van der Waals surface area contributed by atoms with Crippen molar-refractivity contribution in [2.75, 3.05) is 0 Å². The lowest BCUT2D eigenvalue weighted by Crippen LogP contribution is -1.95. The smallest absolute Gasteiger partial charge is 0.208 e. The van der Waals surface area contributed by atoms with E-state index in [9.17, 15) is 9.59 Å². The van der Waals surface area contributed by atoms with Crippen LogP contribution < -0.4 is 0 Å². The Hall–Kier alpha value is -1.45. The molecule has 1 aromatic rings. The molecule has 1 aliphatic carbocycles. The Bertz CT molecular complexity index is 333. The van der Waals surface area contributed by atoms with Gasteiger partial charge in [0.1, 0.15) is 0 Å². The summed E-state index contributed by atoms with van der Waals surface area (Å²) in [7, 11) is 0. The van der Waals surface area contributed by atoms with E-state index < -0.39 is 0 Å². The lowest BCUT2D eigenvalue weighted by molar-refractivity contribution is 0.0908. The average Bonchev–Trinajstić information content (AvgIpc) is 2.55. The topological polar surface area (TPSA) is 60.2 Å². The van der Waals surface area contributed by atoms with Crippen molar-refractivity contribution in [2.45, 2.75) is 19.8 Å². The van der Waals surface area contributed by atoms with Gasteiger partial charge in [-0.05, 0) is 0 Å². The second kappa shape index (κ2) is 2.27. The second-order valence-corrected chi connectivity index (χ2v) is 2.66. The molecule has 0 bridgehead atoms. The van der Waals surface area contributed by atoms with Crippen LogP contribution in [0.1, 0.15) is 40.3 Å². The number of aryl methyl sites for hydroxylation is 1. The summed E-state index contributed by atoms with van der Waals surface area (Å²) in [5.74, 6) is 0.138. The molecule has 0 aromatic carbocycles. The zero-order valence-corrected chi connectivity index (χ0v) is 6.59. The van der Waals surface area contributed by atoms with E-state index in [4.69, 9.17) is 4.42 Å². The van der Waals surface area contributed by atoms with E-state index >= 15 is 0 Å². The Balaban J connectivity index is 2.56. The molecule has 0 spiro atoms. The largest absolute Gasteiger partial charge is 0.437 e. The van der Waals surface area contributed by atoms with Crippen LogP contribution in [0.4, 0.5) is 0 Å². The maximum absolute atomic E-state index is 11.1. The third-order valence-electron chi connectivity index (χ3n) is 1.81. The summed E-state index contributed by atoms with van der Waals surface area (Å²) in [5, 5.41) is 0. The molecule has 12 heavy (non-hydrogen) atoms. The summed E-state index contributed by atoms with van der Waals surface area (Å²) >= 11 is 0. The Morgan fingerprint density at radius 2 is 2.17 bits per heavy atom. The fourth-order valence-corrected chi connectivity index (χ4v) is 1.20. The molecule has 0 radical (unpaired) electrons. The normalized spacial score (nSPS) is 15.4. The van der Waals surface area contributed by atoms with Crippen molar-refractivity contribution in [3.05, 3.63) is 17.3 Å². The molecule has 4 heteroatoms. The fourth-order valence-electron chi connectivity index (χ4n) is 1.20. The Morgan fingerprint density at radius 3 is 2.75 bits per heavy atom. The van der Waals surface area contributed by atoms with Crippen LogP contribution in [0.3, 0.4) is 0 Å². The molecule has 2 rings (SSSR count). The van der Waals surface area contributed by atoms with Crippen molar-refractivity contribution in [3.63, 3.8) is 0 Å². The lowest BCUT2D eigenvalue weighted by Gasteiger charge is -1.85. The van der Waals surface area contributed by atoms with Crippen LogP contribution in [0.5, 0.6) is 0 Å². The van der Waals surface area contributed by atoms with Gasteiger partial charge in [0.15, 0.2) is 17.4 Å². The maximum Gasteiger partial charge on any atom is 0.208 e. The molecule has 0 unspecified atom stereocenters. The molecule has 4 nitrogen and oxygen atoms in total. The third-order valence-corrected chi connectivity index (χ3v) is 1.81. The van der Waals surface area contributed by atoms with E-state index in [-0.39, 0.29) is 29.4 Å². The molecule has 0 saturated heterocycles. The van der Waals surface area contributed by atoms with Gasteiger partial charge in [0.05, 0.1) is 6.42 Å². The minimum Gasteiger partial charge on any atom is -0.437 e. The summed E-state index contributed by atoms with van der Waals surface area (Å²) in [6.07, 6.45) is 0.527. The number of hydrogen-bond donors (Lipinski definition) is 0. The molecule has 1 heterocycles. The molecule has 1 aliphatic rings. The van der Waals surface area contributed by atoms with Crippen molar-refractivity contribution in [3.8, 4) is 0 Å². The molecule has 0 atom stereocenters. The minimum absolute atomic E-state index is 0.0782. The zero-order valence-electron chi connectivity index (χ0n) is 6.59. The van der Waals surface area contributed by atoms with E-state index in [1.54, 1.807) is 0 Å². The molecule has 62 valence electrons. The van der Waals surface area contributed by atoms with E-state index in [1.807, 2.05) is 6.92 Å². The summed E-state index contributed by atoms with van der Waals surface area (Å²) < 4.78 is 5.08. The van der Waals surface area contributed by atoms with Gasteiger partial charge >= 0.3 is 0 Å². The van der Waals surface area contributed by atoms with Crippen LogP contribution in [-0.4, -0.2) is 16.6 Å². The van der Waals surface area contributed by atoms with Crippen LogP contribution in [0, 0.1) is 0 Å². The predicted molar refractivity (Wildman–Crippen MR) is 39.2 cm³/mol. The summed E-state index contributed by atoms with van der Waals surface area (Å²) in [6.45, 7) is 1.86. The van der Waals surface area contributed by atoms with E-state index in [0.717, 1.165) is 0 Å². The SMILES string of the molecule is CCc1nc2c(o1)C(=O)CC2=O. The van der Waals surface area contributed by atoms with Crippen LogP contribution in [0.2, 0.25) is 0 Å². The van der Waals surface area contributed by atoms with Gasteiger partial charge < -0.3 is 4.42 Å². The van der Waals surface area contributed by atoms with Gasteiger partial charge in [-0.1, -0.05) is 6.92 Å². The van der Waals surface area contributed by atoms with E-state index in [1.165, 1.54) is 0 Å². The van der Waals surface area contributed by atoms with Crippen molar-refractivity contribution < 1.29 is 14.0 Å². The molecular formula is C8H7NO3. The first-order valence-electron chi connectivity index (χ1n) is 3.78. The highest BCUT2D eigenvalue weighted by molar-refractivity contribution is 6.22. The molecule has 0 aliphatic heterocycles. The Labute approximate surface area is 68.6 Å². The highest BCUT2D eigenvalue weighted by atomic mass is 16.4. The van der Waals surface area contributed by atoms with Gasteiger partial charge in [-0.3, -0.25) is 9.59 Å². The molecular weight excluding hydrogens is 158 g/mol. The molecule has 0 N–H and O–H groups in total. The first-order valence-corrected chi connectivity index (χ1v) is 3.78. The van der Waals surface area contributed by atoms with Gasteiger partial charge in [0.2, 0.25) is 11.5 Å². The fraction of sp³-hybridized carbons (Fsp3) is 0.375. The van der Waals surface area contributed by atoms with E-state index in [0.29, 0.717) is 12.3 Å². The number of ketones is 2. The number of oxazole rings is 1. The van der Waals surface area contributed by atoms with Gasteiger partial charge in [-0.2, -0.15) is 0 Å². The second-order valence-electron chi connectivity index (χ2n) is 2.66. The monoisotopic (exact) mass is 165 g/mol. The first-order chi connectivity index (χ1) is 5.72. The van der Waals surface area contributed by atoms with Gasteiger partial charge in [-0.25, -0.2) is 4.98 Å². The quantitative estimate of drug-likeness (QED) is 0.582. The number of fused-ring (bicyclic) bond motifs is 1. The number of aromatic nitrogens is 1. The predicted octanol–water partition coefficient (Wildman–Crippen LogP) is 1.01. The summed E-state index contributed by atoms with van der Waals surface area (Å²) in [6, 6.07) is 0. The first kappa shape index (κ1) is 7.21. The minimum atomic E-state index is -0.248. The molecule has 1 aromatic heterocycles. The summed E-state index contributed by atoms with van der Waals surface area (Å²) in [5.41, 5.74) is 0.219. The number of rotatable bonds is 1. The average molecular weight is 165 g/mol. The lowest BCUT2D eigenvalue weighted by atomic mass is 10.3. The number of carbonyl (C=O) groups excluding carboxylic acids is 2. The zero-order chi connectivity index (χ0) is 8.72. The van der Waals surface area contributed by atoms with Gasteiger partial charge in [-0.15, -0.1) is 0 Å². The van der Waals surface area contributed by atoms with Crippen LogP contribution in [0.15, 0.2) is 4.42 Å². The Morgan fingerprint density at radius 1 is 1.42 bits per heavy atom.